The van der Waals surface area contributed by atoms with Crippen LogP contribution in [0.4, 0.5) is 0 Å². The van der Waals surface area contributed by atoms with Crippen LogP contribution in [0, 0.1) is 0 Å². The standard InChI is InChI=1S/C15H12ClNO3S2/c1-9(14(19)20)17-13(18)12(22-15(17)21)8-11(16)7-10-5-3-2-4-6-10/h2-9H,1H3,(H,19,20)/b11-7-,12-8-/t9-/m1/s1. The number of carboxylic acid groups (broad SMARTS) is 1. The minimum atomic E-state index is -1.11. The van der Waals surface area contributed by atoms with E-state index in [1.54, 1.807) is 6.08 Å². The minimum absolute atomic E-state index is 0.218. The van der Waals surface area contributed by atoms with Gasteiger partial charge in [-0.1, -0.05) is 65.9 Å². The van der Waals surface area contributed by atoms with Crippen molar-refractivity contribution in [2.75, 3.05) is 0 Å². The molecule has 1 saturated heterocycles. The first-order valence-electron chi connectivity index (χ1n) is 6.32. The number of benzene rings is 1. The molecule has 0 radical (unpaired) electrons. The number of hydrogen-bond donors (Lipinski definition) is 1. The summed E-state index contributed by atoms with van der Waals surface area (Å²) >= 11 is 12.3. The van der Waals surface area contributed by atoms with Crippen LogP contribution in [0.5, 0.6) is 0 Å². The van der Waals surface area contributed by atoms with Gasteiger partial charge in [0.15, 0.2) is 0 Å². The third-order valence-corrected chi connectivity index (χ3v) is 4.49. The summed E-state index contributed by atoms with van der Waals surface area (Å²) in [7, 11) is 0. The van der Waals surface area contributed by atoms with Gasteiger partial charge in [0, 0.05) is 5.03 Å². The number of carbonyl (C=O) groups excluding carboxylic acids is 1. The molecule has 22 heavy (non-hydrogen) atoms. The highest BCUT2D eigenvalue weighted by molar-refractivity contribution is 8.26. The Morgan fingerprint density at radius 1 is 1.41 bits per heavy atom. The van der Waals surface area contributed by atoms with E-state index in [-0.39, 0.29) is 4.32 Å². The van der Waals surface area contributed by atoms with Crippen LogP contribution in [0.1, 0.15) is 12.5 Å². The Hall–Kier alpha value is -1.63. The molecule has 114 valence electrons. The Labute approximate surface area is 142 Å². The second-order valence-corrected chi connectivity index (χ2v) is 6.62. The van der Waals surface area contributed by atoms with Crippen molar-refractivity contribution in [3.05, 3.63) is 51.9 Å². The quantitative estimate of drug-likeness (QED) is 0.663. The van der Waals surface area contributed by atoms with Gasteiger partial charge in [0.1, 0.15) is 10.4 Å². The molecule has 1 fully saturated rings. The fourth-order valence-corrected chi connectivity index (χ4v) is 3.51. The summed E-state index contributed by atoms with van der Waals surface area (Å²) in [6.07, 6.45) is 3.22. The van der Waals surface area contributed by atoms with Gasteiger partial charge in [-0.3, -0.25) is 9.69 Å². The highest BCUT2D eigenvalue weighted by Crippen LogP contribution is 2.34. The molecule has 1 heterocycles. The third-order valence-electron chi connectivity index (χ3n) is 2.94. The van der Waals surface area contributed by atoms with E-state index in [1.165, 1.54) is 13.0 Å². The van der Waals surface area contributed by atoms with Crippen molar-refractivity contribution in [3.8, 4) is 0 Å². The average Bonchev–Trinajstić information content (AvgIpc) is 2.73. The van der Waals surface area contributed by atoms with E-state index in [0.717, 1.165) is 22.2 Å². The lowest BCUT2D eigenvalue weighted by molar-refractivity contribution is -0.144. The smallest absolute Gasteiger partial charge is 0.326 e. The summed E-state index contributed by atoms with van der Waals surface area (Å²) in [5.41, 5.74) is 0.901. The monoisotopic (exact) mass is 353 g/mol. The van der Waals surface area contributed by atoms with Gasteiger partial charge in [0.05, 0.1) is 4.91 Å². The number of halogens is 1. The van der Waals surface area contributed by atoms with Gasteiger partial charge in [-0.25, -0.2) is 4.79 Å². The number of thiocarbonyl (C=S) groups is 1. The molecule has 0 saturated carbocycles. The van der Waals surface area contributed by atoms with Crippen molar-refractivity contribution >= 4 is 57.9 Å². The largest absolute Gasteiger partial charge is 0.480 e. The van der Waals surface area contributed by atoms with Crippen LogP contribution in [0.2, 0.25) is 0 Å². The number of rotatable bonds is 4. The first kappa shape index (κ1) is 16.7. The normalized spacial score (nSPS) is 18.9. The van der Waals surface area contributed by atoms with Crippen molar-refractivity contribution in [3.63, 3.8) is 0 Å². The van der Waals surface area contributed by atoms with E-state index in [0.29, 0.717) is 9.94 Å². The van der Waals surface area contributed by atoms with Crippen molar-refractivity contribution in [2.24, 2.45) is 0 Å². The lowest BCUT2D eigenvalue weighted by Crippen LogP contribution is -2.41. The SMILES string of the molecule is C[C@H](C(=O)O)N1C(=O)/C(=C/C(Cl)=C/c2ccccc2)SC1=S. The van der Waals surface area contributed by atoms with Crippen LogP contribution >= 0.6 is 35.6 Å². The molecule has 0 aliphatic carbocycles. The zero-order valence-corrected chi connectivity index (χ0v) is 13.9. The van der Waals surface area contributed by atoms with E-state index in [9.17, 15) is 9.59 Å². The Balaban J connectivity index is 2.23. The molecular weight excluding hydrogens is 342 g/mol. The molecule has 1 aromatic carbocycles. The molecule has 7 heteroatoms. The zero-order valence-electron chi connectivity index (χ0n) is 11.5. The summed E-state index contributed by atoms with van der Waals surface area (Å²) in [5, 5.41) is 9.39. The molecule has 0 aromatic heterocycles. The fraction of sp³-hybridized carbons (Fsp3) is 0.133. The number of allylic oxidation sites excluding steroid dienone is 2. The number of carboxylic acids is 1. The van der Waals surface area contributed by atoms with E-state index in [1.807, 2.05) is 30.3 Å². The van der Waals surface area contributed by atoms with E-state index in [4.69, 9.17) is 28.9 Å². The topological polar surface area (TPSA) is 57.6 Å². The van der Waals surface area contributed by atoms with E-state index >= 15 is 0 Å². The molecule has 1 amide bonds. The first-order chi connectivity index (χ1) is 10.4. The van der Waals surface area contributed by atoms with Gasteiger partial charge >= 0.3 is 5.97 Å². The summed E-state index contributed by atoms with van der Waals surface area (Å²) in [6.45, 7) is 1.41. The summed E-state index contributed by atoms with van der Waals surface area (Å²) in [5.74, 6) is -1.55. The Morgan fingerprint density at radius 3 is 2.64 bits per heavy atom. The molecule has 1 aliphatic rings. The van der Waals surface area contributed by atoms with Gasteiger partial charge in [0.25, 0.3) is 5.91 Å². The van der Waals surface area contributed by atoms with Crippen molar-refractivity contribution < 1.29 is 14.7 Å². The molecule has 1 aromatic rings. The molecule has 1 N–H and O–H groups in total. The molecule has 4 nitrogen and oxygen atoms in total. The van der Waals surface area contributed by atoms with E-state index < -0.39 is 17.9 Å². The van der Waals surface area contributed by atoms with Gasteiger partial charge in [-0.2, -0.15) is 0 Å². The van der Waals surface area contributed by atoms with Crippen LogP contribution in [-0.4, -0.2) is 32.2 Å². The van der Waals surface area contributed by atoms with E-state index in [2.05, 4.69) is 0 Å². The summed E-state index contributed by atoms with van der Waals surface area (Å²) < 4.78 is 0.218. The second-order valence-electron chi connectivity index (χ2n) is 4.51. The predicted molar refractivity (Wildman–Crippen MR) is 92.5 cm³/mol. The zero-order chi connectivity index (χ0) is 16.3. The molecule has 0 unspecified atom stereocenters. The van der Waals surface area contributed by atoms with Crippen LogP contribution in [0.3, 0.4) is 0 Å². The number of carbonyl (C=O) groups is 2. The van der Waals surface area contributed by atoms with Crippen molar-refractivity contribution in [2.45, 2.75) is 13.0 Å². The number of amides is 1. The lowest BCUT2D eigenvalue weighted by Gasteiger charge is -2.18. The first-order valence-corrected chi connectivity index (χ1v) is 7.92. The number of thioether (sulfide) groups is 1. The molecule has 1 aliphatic heterocycles. The third kappa shape index (κ3) is 3.76. The molecule has 2 rings (SSSR count). The average molecular weight is 354 g/mol. The number of aliphatic carboxylic acids is 1. The maximum atomic E-state index is 12.2. The molecule has 0 bridgehead atoms. The molecule has 1 atom stereocenters. The summed E-state index contributed by atoms with van der Waals surface area (Å²) in [6, 6.07) is 8.41. The molecular formula is C15H12ClNO3S2. The van der Waals surface area contributed by atoms with Crippen LogP contribution in [-0.2, 0) is 9.59 Å². The van der Waals surface area contributed by atoms with Gasteiger partial charge in [0.2, 0.25) is 0 Å². The highest BCUT2D eigenvalue weighted by Gasteiger charge is 2.38. The van der Waals surface area contributed by atoms with Gasteiger partial charge in [-0.15, -0.1) is 0 Å². The maximum Gasteiger partial charge on any atom is 0.326 e. The summed E-state index contributed by atoms with van der Waals surface area (Å²) in [4.78, 5) is 24.7. The van der Waals surface area contributed by atoms with Crippen molar-refractivity contribution in [1.82, 2.24) is 4.90 Å². The molecule has 0 spiro atoms. The Morgan fingerprint density at radius 2 is 2.05 bits per heavy atom. The predicted octanol–water partition coefficient (Wildman–Crippen LogP) is 3.48. The van der Waals surface area contributed by atoms with Crippen LogP contribution in [0.15, 0.2) is 46.3 Å². The highest BCUT2D eigenvalue weighted by atomic mass is 35.5. The van der Waals surface area contributed by atoms with Gasteiger partial charge in [-0.05, 0) is 24.6 Å². The number of hydrogen-bond acceptors (Lipinski definition) is 4. The Kier molecular flexibility index (Phi) is 5.39. The second kappa shape index (κ2) is 7.09. The lowest BCUT2D eigenvalue weighted by atomic mass is 10.2. The Bertz CT molecular complexity index is 685. The fourth-order valence-electron chi connectivity index (χ4n) is 1.80. The van der Waals surface area contributed by atoms with Gasteiger partial charge < -0.3 is 5.11 Å². The minimum Gasteiger partial charge on any atom is -0.480 e. The van der Waals surface area contributed by atoms with Crippen molar-refractivity contribution in [1.29, 1.82) is 0 Å². The van der Waals surface area contributed by atoms with Crippen LogP contribution in [0.25, 0.3) is 6.08 Å². The number of nitrogens with zero attached hydrogens (tertiary/aromatic N) is 1. The maximum absolute atomic E-state index is 12.2. The van der Waals surface area contributed by atoms with Crippen LogP contribution < -0.4 is 0 Å².